The number of carbonyl (C=O) groups excluding carboxylic acids is 3. The molecule has 24 heavy (non-hydrogen) atoms. The second-order valence-electron chi connectivity index (χ2n) is 6.36. The third kappa shape index (κ3) is 2.22. The molecule has 0 bridgehead atoms. The van der Waals surface area contributed by atoms with E-state index in [0.29, 0.717) is 18.5 Å². The van der Waals surface area contributed by atoms with Gasteiger partial charge in [-0.05, 0) is 36.1 Å². The molecule has 2 N–H and O–H groups in total. The van der Waals surface area contributed by atoms with Gasteiger partial charge in [-0.2, -0.15) is 0 Å². The first-order chi connectivity index (χ1) is 11.6. The lowest BCUT2D eigenvalue weighted by molar-refractivity contribution is -0.131. The van der Waals surface area contributed by atoms with Crippen LogP contribution >= 0.6 is 0 Å². The number of aromatic nitrogens is 1. The molecule has 4 rings (SSSR count). The minimum Gasteiger partial charge on any atom is -0.359 e. The first kappa shape index (κ1) is 14.7. The lowest BCUT2D eigenvalue weighted by Crippen LogP contribution is -2.51. The number of Topliss-reactive ketones (excluding diaryl/α,β-unsaturated/α-hetero) is 1. The lowest BCUT2D eigenvalue weighted by Gasteiger charge is -2.32. The minimum absolute atomic E-state index is 0.241. The molecular formula is C18H17N3O3. The van der Waals surface area contributed by atoms with Crippen molar-refractivity contribution in [3.05, 3.63) is 59.4 Å². The Morgan fingerprint density at radius 1 is 1.12 bits per heavy atom. The highest BCUT2D eigenvalue weighted by atomic mass is 16.2. The maximum absolute atomic E-state index is 12.9. The van der Waals surface area contributed by atoms with Crippen LogP contribution < -0.4 is 5.32 Å². The monoisotopic (exact) mass is 323 g/mol. The molecule has 2 heterocycles. The van der Waals surface area contributed by atoms with Gasteiger partial charge in [0.2, 0.25) is 0 Å². The Labute approximate surface area is 138 Å². The summed E-state index contributed by atoms with van der Waals surface area (Å²) < 4.78 is 0. The van der Waals surface area contributed by atoms with E-state index in [1.165, 1.54) is 5.56 Å². The summed E-state index contributed by atoms with van der Waals surface area (Å²) in [6.45, 7) is -0.241. The number of amides is 3. The second-order valence-corrected chi connectivity index (χ2v) is 6.36. The van der Waals surface area contributed by atoms with Crippen LogP contribution in [0.3, 0.4) is 0 Å². The smallest absolute Gasteiger partial charge is 0.325 e. The third-order valence-corrected chi connectivity index (χ3v) is 4.88. The number of H-pyrrole nitrogens is 1. The Morgan fingerprint density at radius 2 is 1.92 bits per heavy atom. The molecule has 1 aromatic heterocycles. The Hall–Kier alpha value is -2.89. The second kappa shape index (κ2) is 5.33. The number of hydrogen-bond donors (Lipinski definition) is 2. The van der Waals surface area contributed by atoms with Crippen molar-refractivity contribution in [2.45, 2.75) is 24.8 Å². The minimum atomic E-state index is -0.915. The van der Waals surface area contributed by atoms with Crippen LogP contribution in [-0.4, -0.2) is 39.7 Å². The van der Waals surface area contributed by atoms with Gasteiger partial charge in [0.15, 0.2) is 5.78 Å². The molecule has 0 radical (unpaired) electrons. The fourth-order valence-electron chi connectivity index (χ4n) is 3.58. The Balaban J connectivity index is 1.57. The van der Waals surface area contributed by atoms with Crippen LogP contribution in [0.25, 0.3) is 0 Å². The summed E-state index contributed by atoms with van der Waals surface area (Å²) in [4.78, 5) is 41.3. The zero-order valence-electron chi connectivity index (χ0n) is 13.0. The van der Waals surface area contributed by atoms with Gasteiger partial charge in [-0.3, -0.25) is 14.5 Å². The van der Waals surface area contributed by atoms with E-state index < -0.39 is 11.6 Å². The van der Waals surface area contributed by atoms with Crippen LogP contribution in [0.4, 0.5) is 4.79 Å². The van der Waals surface area contributed by atoms with E-state index in [9.17, 15) is 14.4 Å². The van der Waals surface area contributed by atoms with Gasteiger partial charge in [0.1, 0.15) is 5.54 Å². The SMILES string of the molecule is O=C(CN1C(=O)NC2(CCc3ccccc3C2)C1=O)c1ccc[nH]1. The average molecular weight is 323 g/mol. The molecule has 2 aromatic rings. The Bertz CT molecular complexity index is 828. The summed E-state index contributed by atoms with van der Waals surface area (Å²) in [6.07, 6.45) is 3.40. The summed E-state index contributed by atoms with van der Waals surface area (Å²) in [6, 6.07) is 10.8. The van der Waals surface area contributed by atoms with Crippen LogP contribution in [0.5, 0.6) is 0 Å². The number of aryl methyl sites for hydroxylation is 1. The van der Waals surface area contributed by atoms with E-state index in [4.69, 9.17) is 0 Å². The molecule has 6 nitrogen and oxygen atoms in total. The van der Waals surface area contributed by atoms with Gasteiger partial charge in [-0.25, -0.2) is 4.79 Å². The quantitative estimate of drug-likeness (QED) is 0.666. The number of benzene rings is 1. The van der Waals surface area contributed by atoms with Crippen LogP contribution in [-0.2, 0) is 17.6 Å². The zero-order valence-corrected chi connectivity index (χ0v) is 13.0. The van der Waals surface area contributed by atoms with Crippen molar-refractivity contribution < 1.29 is 14.4 Å². The van der Waals surface area contributed by atoms with Gasteiger partial charge in [-0.1, -0.05) is 24.3 Å². The van der Waals surface area contributed by atoms with Gasteiger partial charge >= 0.3 is 6.03 Å². The third-order valence-electron chi connectivity index (χ3n) is 4.88. The van der Waals surface area contributed by atoms with Crippen LogP contribution in [0.2, 0.25) is 0 Å². The number of nitrogens with one attached hydrogen (secondary N) is 2. The van der Waals surface area contributed by atoms with Crippen molar-refractivity contribution in [3.8, 4) is 0 Å². The Kier molecular flexibility index (Phi) is 3.26. The maximum atomic E-state index is 12.9. The molecule has 122 valence electrons. The molecule has 6 heteroatoms. The van der Waals surface area contributed by atoms with Crippen LogP contribution in [0.15, 0.2) is 42.6 Å². The van der Waals surface area contributed by atoms with Crippen LogP contribution in [0, 0.1) is 0 Å². The summed E-state index contributed by atoms with van der Waals surface area (Å²) in [5.74, 6) is -0.585. The van der Waals surface area contributed by atoms with Crippen molar-refractivity contribution in [1.82, 2.24) is 15.2 Å². The highest BCUT2D eigenvalue weighted by molar-refractivity contribution is 6.11. The van der Waals surface area contributed by atoms with Crippen molar-refractivity contribution in [2.24, 2.45) is 0 Å². The molecule has 1 unspecified atom stereocenters. The molecule has 1 aliphatic heterocycles. The van der Waals surface area contributed by atoms with Crippen molar-refractivity contribution >= 4 is 17.7 Å². The number of hydrogen-bond acceptors (Lipinski definition) is 3. The lowest BCUT2D eigenvalue weighted by atomic mass is 9.78. The van der Waals surface area contributed by atoms with Crippen molar-refractivity contribution in [1.29, 1.82) is 0 Å². The molecule has 2 aliphatic rings. The van der Waals surface area contributed by atoms with Crippen LogP contribution in [0.1, 0.15) is 28.0 Å². The number of nitrogens with zero attached hydrogens (tertiary/aromatic N) is 1. The number of carbonyl (C=O) groups is 3. The fourth-order valence-corrected chi connectivity index (χ4v) is 3.58. The Morgan fingerprint density at radius 3 is 2.67 bits per heavy atom. The number of ketones is 1. The fraction of sp³-hybridized carbons (Fsp3) is 0.278. The standard InChI is InChI=1S/C18H17N3O3/c22-15(14-6-3-9-19-14)11-21-16(23)18(20-17(21)24)8-7-12-4-1-2-5-13(12)10-18/h1-6,9,19H,7-8,10-11H2,(H,20,24). The van der Waals surface area contributed by atoms with E-state index in [0.717, 1.165) is 16.9 Å². The molecule has 1 saturated heterocycles. The molecule has 1 aliphatic carbocycles. The summed E-state index contributed by atoms with van der Waals surface area (Å²) in [7, 11) is 0. The largest absolute Gasteiger partial charge is 0.359 e. The predicted octanol–water partition coefficient (Wildman–Crippen LogP) is 1.68. The van der Waals surface area contributed by atoms with E-state index in [-0.39, 0.29) is 18.2 Å². The van der Waals surface area contributed by atoms with Gasteiger partial charge in [0, 0.05) is 12.6 Å². The molecular weight excluding hydrogens is 306 g/mol. The topological polar surface area (TPSA) is 82.3 Å². The zero-order chi connectivity index (χ0) is 16.7. The number of imide groups is 1. The predicted molar refractivity (Wildman–Crippen MR) is 86.6 cm³/mol. The first-order valence-corrected chi connectivity index (χ1v) is 7.96. The maximum Gasteiger partial charge on any atom is 0.325 e. The van der Waals surface area contributed by atoms with Gasteiger partial charge in [0.05, 0.1) is 12.2 Å². The molecule has 3 amide bonds. The summed E-state index contributed by atoms with van der Waals surface area (Å²) in [5.41, 5.74) is 1.77. The number of fused-ring (bicyclic) bond motifs is 1. The van der Waals surface area contributed by atoms with Gasteiger partial charge in [0.25, 0.3) is 5.91 Å². The first-order valence-electron chi connectivity index (χ1n) is 7.96. The number of aromatic amines is 1. The number of urea groups is 1. The molecule has 1 aromatic carbocycles. The van der Waals surface area contributed by atoms with E-state index in [2.05, 4.69) is 16.4 Å². The van der Waals surface area contributed by atoms with E-state index >= 15 is 0 Å². The molecule has 1 fully saturated rings. The normalized spacial score (nSPS) is 22.6. The summed E-state index contributed by atoms with van der Waals surface area (Å²) in [5, 5.41) is 2.84. The van der Waals surface area contributed by atoms with Gasteiger partial charge in [-0.15, -0.1) is 0 Å². The van der Waals surface area contributed by atoms with E-state index in [1.807, 2.05) is 18.2 Å². The molecule has 1 spiro atoms. The average Bonchev–Trinajstić information content (AvgIpc) is 3.19. The highest BCUT2D eigenvalue weighted by Crippen LogP contribution is 2.33. The number of rotatable bonds is 3. The van der Waals surface area contributed by atoms with E-state index in [1.54, 1.807) is 18.3 Å². The van der Waals surface area contributed by atoms with Gasteiger partial charge < -0.3 is 10.3 Å². The highest BCUT2D eigenvalue weighted by Gasteiger charge is 2.52. The molecule has 0 saturated carbocycles. The van der Waals surface area contributed by atoms with Crippen molar-refractivity contribution in [2.75, 3.05) is 6.54 Å². The molecule has 1 atom stereocenters. The van der Waals surface area contributed by atoms with Crippen molar-refractivity contribution in [3.63, 3.8) is 0 Å². The summed E-state index contributed by atoms with van der Waals surface area (Å²) >= 11 is 0.